The molecule has 2 N–H and O–H groups in total. The molecule has 1 aromatic heterocycles. The van der Waals surface area contributed by atoms with Gasteiger partial charge in [0.15, 0.2) is 5.96 Å². The third-order valence-electron chi connectivity index (χ3n) is 4.67. The van der Waals surface area contributed by atoms with Crippen LogP contribution in [0.15, 0.2) is 40.4 Å². The largest absolute Gasteiger partial charge is 0.352 e. The van der Waals surface area contributed by atoms with Crippen molar-refractivity contribution >= 4 is 27.3 Å². The number of aryl methyl sites for hydroxylation is 1. The summed E-state index contributed by atoms with van der Waals surface area (Å²) in [6, 6.07) is 7.06. The van der Waals surface area contributed by atoms with Gasteiger partial charge in [0, 0.05) is 37.8 Å². The van der Waals surface area contributed by atoms with Crippen LogP contribution in [-0.2, 0) is 29.5 Å². The molecule has 3 rings (SSSR count). The summed E-state index contributed by atoms with van der Waals surface area (Å²) < 4.78 is 26.7. The fraction of sp³-hybridized carbons (Fsp3) is 0.474. The molecule has 2 aromatic rings. The van der Waals surface area contributed by atoms with Gasteiger partial charge in [0.1, 0.15) is 5.01 Å². The summed E-state index contributed by atoms with van der Waals surface area (Å²) in [6.07, 6.45) is 4.78. The first-order valence-electron chi connectivity index (χ1n) is 9.50. The first-order valence-corrected chi connectivity index (χ1v) is 11.8. The number of guanidine groups is 1. The molecule has 0 radical (unpaired) electrons. The molecule has 1 aliphatic heterocycles. The highest BCUT2D eigenvalue weighted by molar-refractivity contribution is 7.89. The third-order valence-corrected chi connectivity index (χ3v) is 7.72. The SMILES string of the molecule is CCc1cnc(CNC(=NC)NCc2ccc(S(=O)(=O)N3CCCC3)cc2)s1. The Hall–Kier alpha value is -1.97. The normalized spacial score (nSPS) is 15.7. The summed E-state index contributed by atoms with van der Waals surface area (Å²) in [6.45, 7) is 4.53. The maximum atomic E-state index is 12.6. The number of nitrogens with one attached hydrogen (secondary N) is 2. The van der Waals surface area contributed by atoms with Crippen LogP contribution in [0.2, 0.25) is 0 Å². The summed E-state index contributed by atoms with van der Waals surface area (Å²) in [4.78, 5) is 10.2. The van der Waals surface area contributed by atoms with E-state index in [1.807, 2.05) is 18.3 Å². The van der Waals surface area contributed by atoms with Crippen molar-refractivity contribution in [2.24, 2.45) is 4.99 Å². The lowest BCUT2D eigenvalue weighted by Gasteiger charge is -2.16. The minimum atomic E-state index is -3.36. The van der Waals surface area contributed by atoms with Crippen LogP contribution < -0.4 is 10.6 Å². The van der Waals surface area contributed by atoms with E-state index < -0.39 is 10.0 Å². The van der Waals surface area contributed by atoms with Gasteiger partial charge in [-0.1, -0.05) is 19.1 Å². The first-order chi connectivity index (χ1) is 13.5. The number of aromatic nitrogens is 1. The Kier molecular flexibility index (Phi) is 7.03. The van der Waals surface area contributed by atoms with Gasteiger partial charge in [0.2, 0.25) is 10.0 Å². The molecular formula is C19H27N5O2S2. The lowest BCUT2D eigenvalue weighted by Crippen LogP contribution is -2.36. The standard InChI is InChI=1S/C19H27N5O2S2/c1-3-16-13-21-18(27-16)14-23-19(20-2)22-12-15-6-8-17(9-7-15)28(25,26)24-10-4-5-11-24/h6-9,13H,3-5,10-12,14H2,1-2H3,(H2,20,22,23). The van der Waals surface area contributed by atoms with E-state index in [9.17, 15) is 8.42 Å². The Morgan fingerprint density at radius 3 is 2.46 bits per heavy atom. The van der Waals surface area contributed by atoms with E-state index in [1.54, 1.807) is 34.8 Å². The molecular weight excluding hydrogens is 394 g/mol. The maximum Gasteiger partial charge on any atom is 0.243 e. The zero-order chi connectivity index (χ0) is 20.0. The van der Waals surface area contributed by atoms with Gasteiger partial charge in [-0.25, -0.2) is 13.4 Å². The second-order valence-corrected chi connectivity index (χ2v) is 9.75. The van der Waals surface area contributed by atoms with Crippen molar-refractivity contribution in [1.82, 2.24) is 19.9 Å². The number of hydrogen-bond donors (Lipinski definition) is 2. The molecule has 2 heterocycles. The summed E-state index contributed by atoms with van der Waals surface area (Å²) >= 11 is 1.70. The molecule has 1 aromatic carbocycles. The topological polar surface area (TPSA) is 86.7 Å². The Labute approximate surface area is 171 Å². The molecule has 0 bridgehead atoms. The van der Waals surface area contributed by atoms with Gasteiger partial charge in [0.05, 0.1) is 11.4 Å². The van der Waals surface area contributed by atoms with Crippen LogP contribution in [0, 0.1) is 0 Å². The van der Waals surface area contributed by atoms with Crippen molar-refractivity contribution in [1.29, 1.82) is 0 Å². The maximum absolute atomic E-state index is 12.6. The van der Waals surface area contributed by atoms with Crippen LogP contribution in [0.1, 0.15) is 35.2 Å². The molecule has 0 saturated carbocycles. The highest BCUT2D eigenvalue weighted by Gasteiger charge is 2.26. The van der Waals surface area contributed by atoms with E-state index in [2.05, 4.69) is 27.5 Å². The van der Waals surface area contributed by atoms with E-state index in [1.165, 1.54) is 4.88 Å². The smallest absolute Gasteiger partial charge is 0.243 e. The molecule has 0 atom stereocenters. The molecule has 1 fully saturated rings. The van der Waals surface area contributed by atoms with Gasteiger partial charge in [-0.05, 0) is 37.0 Å². The Balaban J connectivity index is 1.53. The summed E-state index contributed by atoms with van der Waals surface area (Å²) in [7, 11) is -1.64. The van der Waals surface area contributed by atoms with Crippen LogP contribution in [0.3, 0.4) is 0 Å². The molecule has 0 spiro atoms. The fourth-order valence-electron chi connectivity index (χ4n) is 3.02. The van der Waals surface area contributed by atoms with Crippen LogP contribution in [-0.4, -0.2) is 43.8 Å². The molecule has 9 heteroatoms. The predicted octanol–water partition coefficient (Wildman–Crippen LogP) is 2.36. The van der Waals surface area contributed by atoms with E-state index in [0.717, 1.165) is 29.8 Å². The summed E-state index contributed by atoms with van der Waals surface area (Å²) in [5.41, 5.74) is 0.992. The molecule has 152 valence electrons. The Morgan fingerprint density at radius 2 is 1.86 bits per heavy atom. The molecule has 0 aliphatic carbocycles. The Bertz CT molecular complexity index is 901. The quantitative estimate of drug-likeness (QED) is 0.529. The first kappa shape index (κ1) is 20.8. The lowest BCUT2D eigenvalue weighted by molar-refractivity contribution is 0.477. The summed E-state index contributed by atoms with van der Waals surface area (Å²) in [5.74, 6) is 0.682. The van der Waals surface area contributed by atoms with Crippen molar-refractivity contribution in [2.45, 2.75) is 44.2 Å². The van der Waals surface area contributed by atoms with Gasteiger partial charge >= 0.3 is 0 Å². The van der Waals surface area contributed by atoms with Crippen molar-refractivity contribution in [3.8, 4) is 0 Å². The van der Waals surface area contributed by atoms with Crippen LogP contribution >= 0.6 is 11.3 Å². The number of rotatable bonds is 7. The van der Waals surface area contributed by atoms with Crippen LogP contribution in [0.5, 0.6) is 0 Å². The second kappa shape index (κ2) is 9.49. The minimum absolute atomic E-state index is 0.358. The number of benzene rings is 1. The van der Waals surface area contributed by atoms with Gasteiger partial charge in [-0.2, -0.15) is 4.31 Å². The fourth-order valence-corrected chi connectivity index (χ4v) is 5.33. The van der Waals surface area contributed by atoms with Crippen molar-refractivity contribution in [3.63, 3.8) is 0 Å². The third kappa shape index (κ3) is 5.09. The Morgan fingerprint density at radius 1 is 1.18 bits per heavy atom. The van der Waals surface area contributed by atoms with E-state index in [-0.39, 0.29) is 0 Å². The average molecular weight is 422 g/mol. The zero-order valence-electron chi connectivity index (χ0n) is 16.3. The molecule has 0 amide bonds. The number of aliphatic imine (C=N–C) groups is 1. The molecule has 0 unspecified atom stereocenters. The van der Waals surface area contributed by atoms with Crippen molar-refractivity contribution < 1.29 is 8.42 Å². The monoisotopic (exact) mass is 421 g/mol. The minimum Gasteiger partial charge on any atom is -0.352 e. The number of thiazole rings is 1. The van der Waals surface area contributed by atoms with E-state index in [4.69, 9.17) is 0 Å². The highest BCUT2D eigenvalue weighted by atomic mass is 32.2. The van der Waals surface area contributed by atoms with Crippen molar-refractivity contribution in [2.75, 3.05) is 20.1 Å². The average Bonchev–Trinajstić information content (AvgIpc) is 3.41. The molecule has 1 aliphatic rings. The van der Waals surface area contributed by atoms with Crippen LogP contribution in [0.25, 0.3) is 0 Å². The van der Waals surface area contributed by atoms with Crippen LogP contribution in [0.4, 0.5) is 0 Å². The van der Waals surface area contributed by atoms with Gasteiger partial charge in [-0.15, -0.1) is 11.3 Å². The zero-order valence-corrected chi connectivity index (χ0v) is 17.9. The predicted molar refractivity (Wildman–Crippen MR) is 113 cm³/mol. The summed E-state index contributed by atoms with van der Waals surface area (Å²) in [5, 5.41) is 7.52. The van der Waals surface area contributed by atoms with Gasteiger partial charge in [-0.3, -0.25) is 4.99 Å². The number of sulfonamides is 1. The van der Waals surface area contributed by atoms with E-state index in [0.29, 0.717) is 37.0 Å². The van der Waals surface area contributed by atoms with Gasteiger partial charge in [0.25, 0.3) is 0 Å². The lowest BCUT2D eigenvalue weighted by atomic mass is 10.2. The van der Waals surface area contributed by atoms with Gasteiger partial charge < -0.3 is 10.6 Å². The molecule has 7 nitrogen and oxygen atoms in total. The van der Waals surface area contributed by atoms with Crippen molar-refractivity contribution in [3.05, 3.63) is 45.9 Å². The molecule has 1 saturated heterocycles. The number of hydrogen-bond acceptors (Lipinski definition) is 5. The highest BCUT2D eigenvalue weighted by Crippen LogP contribution is 2.21. The molecule has 28 heavy (non-hydrogen) atoms. The number of nitrogens with zero attached hydrogens (tertiary/aromatic N) is 3. The second-order valence-electron chi connectivity index (χ2n) is 6.61. The van der Waals surface area contributed by atoms with E-state index >= 15 is 0 Å².